The highest BCUT2D eigenvalue weighted by atomic mass is 16.5. The number of rotatable bonds is 11. The summed E-state index contributed by atoms with van der Waals surface area (Å²) in [5.41, 5.74) is 5.31. The average molecular weight is 762 g/mol. The summed E-state index contributed by atoms with van der Waals surface area (Å²) in [5.74, 6) is 1.44. The van der Waals surface area contributed by atoms with Gasteiger partial charge in [-0.3, -0.25) is 4.79 Å². The summed E-state index contributed by atoms with van der Waals surface area (Å²) in [6.45, 7) is 22.4. The highest BCUT2D eigenvalue weighted by Gasteiger charge is 2.41. The third-order valence-electron chi connectivity index (χ3n) is 12.2. The van der Waals surface area contributed by atoms with Gasteiger partial charge in [-0.05, 0) is 118 Å². The Morgan fingerprint density at radius 3 is 2.46 bits per heavy atom. The molecular formula is C45H59N7O4. The minimum atomic E-state index is -0.606. The van der Waals surface area contributed by atoms with Crippen LogP contribution >= 0.6 is 0 Å². The molecule has 0 bridgehead atoms. The lowest BCUT2D eigenvalue weighted by molar-refractivity contribution is -0.150. The van der Waals surface area contributed by atoms with E-state index in [1.54, 1.807) is 25.3 Å². The Bertz CT molecular complexity index is 2090. The normalized spacial score (nSPS) is 24.0. The van der Waals surface area contributed by atoms with Crippen molar-refractivity contribution < 1.29 is 19.1 Å². The largest absolute Gasteiger partial charge is 0.495 e. The van der Waals surface area contributed by atoms with E-state index >= 15 is 0 Å². The van der Waals surface area contributed by atoms with Crippen LogP contribution in [0.1, 0.15) is 124 Å². The molecule has 4 unspecified atom stereocenters. The number of anilines is 2. The summed E-state index contributed by atoms with van der Waals surface area (Å²) in [6, 6.07) is 12.0. The van der Waals surface area contributed by atoms with Crippen molar-refractivity contribution in [1.29, 1.82) is 5.26 Å². The second kappa shape index (κ2) is 16.2. The van der Waals surface area contributed by atoms with Gasteiger partial charge in [0, 0.05) is 29.3 Å². The first-order chi connectivity index (χ1) is 26.6. The van der Waals surface area contributed by atoms with Crippen molar-refractivity contribution in [3.8, 4) is 23.2 Å². The van der Waals surface area contributed by atoms with Gasteiger partial charge >= 0.3 is 5.97 Å². The van der Waals surface area contributed by atoms with Crippen molar-refractivity contribution in [2.75, 3.05) is 23.9 Å². The summed E-state index contributed by atoms with van der Waals surface area (Å²) in [7, 11) is 1.55. The lowest BCUT2D eigenvalue weighted by atomic mass is 9.75. The van der Waals surface area contributed by atoms with Crippen LogP contribution in [0.15, 0.2) is 40.9 Å². The summed E-state index contributed by atoms with van der Waals surface area (Å²) >= 11 is 0. The highest BCUT2D eigenvalue weighted by Crippen LogP contribution is 2.46. The zero-order chi connectivity index (χ0) is 40.6. The molecule has 2 aromatic carbocycles. The number of aromatic nitrogens is 3. The number of esters is 1. The Kier molecular flexibility index (Phi) is 11.8. The first kappa shape index (κ1) is 40.7. The number of nitrogens with one attached hydrogen (secondary N) is 1. The Morgan fingerprint density at radius 2 is 1.82 bits per heavy atom. The molecule has 0 spiro atoms. The highest BCUT2D eigenvalue weighted by molar-refractivity contribution is 6.30. The molecule has 0 radical (unpaired) electrons. The van der Waals surface area contributed by atoms with Gasteiger partial charge in [-0.25, -0.2) is 14.8 Å². The number of allylic oxidation sites excluding steroid dienone is 1. The van der Waals surface area contributed by atoms with E-state index in [1.807, 2.05) is 20.8 Å². The number of carbonyl (C=O) groups excluding carboxylic acids is 2. The van der Waals surface area contributed by atoms with Crippen LogP contribution in [0, 0.1) is 41.9 Å². The predicted octanol–water partition coefficient (Wildman–Crippen LogP) is 9.62. The summed E-state index contributed by atoms with van der Waals surface area (Å²) in [4.78, 5) is 39.9. The molecule has 2 aliphatic heterocycles. The van der Waals surface area contributed by atoms with E-state index in [-0.39, 0.29) is 58.1 Å². The molecule has 56 heavy (non-hydrogen) atoms. The summed E-state index contributed by atoms with van der Waals surface area (Å²) in [6.07, 6.45) is 5.51. The fourth-order valence-corrected chi connectivity index (χ4v) is 9.07. The van der Waals surface area contributed by atoms with Crippen molar-refractivity contribution in [1.82, 2.24) is 14.8 Å². The maximum Gasteiger partial charge on any atom is 0.343 e. The van der Waals surface area contributed by atoms with Crippen molar-refractivity contribution in [2.24, 2.45) is 28.7 Å². The van der Waals surface area contributed by atoms with E-state index in [0.29, 0.717) is 46.8 Å². The fraction of sp³-hybridized carbons (Fsp3) is 0.556. The van der Waals surface area contributed by atoms with Crippen molar-refractivity contribution in [3.63, 3.8) is 0 Å². The number of nitriles is 1. The Hall–Kier alpha value is -4.98. The number of unbranched alkanes of at least 4 members (excludes halogenated alkanes) is 1. The van der Waals surface area contributed by atoms with E-state index in [0.717, 1.165) is 44.2 Å². The maximum atomic E-state index is 14.4. The molecule has 11 nitrogen and oxygen atoms in total. The third kappa shape index (κ3) is 7.72. The zero-order valence-electron chi connectivity index (χ0n) is 35.1. The molecule has 3 aliphatic rings. The Balaban J connectivity index is 1.49. The second-order valence-corrected chi connectivity index (χ2v) is 17.2. The van der Waals surface area contributed by atoms with Crippen molar-refractivity contribution >= 4 is 40.3 Å². The zero-order valence-corrected chi connectivity index (χ0v) is 35.1. The standard InChI is InChI=1S/C45H59N7O4/c1-12-14-17-51-36-20-27(5)34(22-32(36)30(8)23-45(51,9)10)47-41-33(24-46)38(44(54)56-39-28(6)18-25(3)19-29(39)7)42-49-40(50-52(41)42)31-15-16-37(55-11)35(21-31)48-43(53)26(4)13-2/h15-16,20-22,25-26,28-30,39H,12-14,17-19,23H2,1-11H3,(H,48,53)/b47-41+. The minimum absolute atomic E-state index is 0.00858. The Morgan fingerprint density at radius 1 is 1.11 bits per heavy atom. The first-order valence-electron chi connectivity index (χ1n) is 20.5. The maximum absolute atomic E-state index is 14.4. The predicted molar refractivity (Wildman–Crippen MR) is 222 cm³/mol. The van der Waals surface area contributed by atoms with Gasteiger partial charge in [-0.15, -0.1) is 5.10 Å². The van der Waals surface area contributed by atoms with E-state index in [1.165, 1.54) is 15.9 Å². The lowest BCUT2D eigenvalue weighted by Crippen LogP contribution is -2.48. The molecule has 1 fully saturated rings. The molecule has 298 valence electrons. The molecular weight excluding hydrogens is 703 g/mol. The SMILES string of the molecule is CCCCN1c2cc(C)c(/N=C3\C(C#N)=C(C(=O)OC4C(C)CC(C)CC4C)c4nc(-c5ccc(OC)c(NC(=O)C(C)CC)c5)nn43)cc2C(C)CC1(C)C. The van der Waals surface area contributed by atoms with Crippen LogP contribution in [-0.4, -0.2) is 57.8 Å². The number of nitrogens with zero attached hydrogens (tertiary/aromatic N) is 6. The molecule has 1 amide bonds. The lowest BCUT2D eigenvalue weighted by Gasteiger charge is -2.48. The number of fused-ring (bicyclic) bond motifs is 2. The second-order valence-electron chi connectivity index (χ2n) is 17.2. The summed E-state index contributed by atoms with van der Waals surface area (Å²) in [5, 5.41) is 18.6. The molecule has 1 aliphatic carbocycles. The fourth-order valence-electron chi connectivity index (χ4n) is 9.07. The number of hydrogen-bond acceptors (Lipinski definition) is 9. The molecule has 0 saturated heterocycles. The molecule has 3 heterocycles. The Labute approximate surface area is 332 Å². The van der Waals surface area contributed by atoms with Crippen LogP contribution in [-0.2, 0) is 14.3 Å². The summed E-state index contributed by atoms with van der Waals surface area (Å²) < 4.78 is 13.4. The quantitative estimate of drug-likeness (QED) is 0.191. The number of amides is 1. The third-order valence-corrected chi connectivity index (χ3v) is 12.2. The minimum Gasteiger partial charge on any atom is -0.495 e. The van der Waals surface area contributed by atoms with Gasteiger partial charge in [-0.2, -0.15) is 9.94 Å². The average Bonchev–Trinajstić information content (AvgIpc) is 3.70. The van der Waals surface area contributed by atoms with Gasteiger partial charge in [-0.1, -0.05) is 54.9 Å². The van der Waals surface area contributed by atoms with Crippen LogP contribution in [0.2, 0.25) is 0 Å². The first-order valence-corrected chi connectivity index (χ1v) is 20.5. The van der Waals surface area contributed by atoms with E-state index in [9.17, 15) is 14.9 Å². The number of aliphatic imine (C=N–C) groups is 1. The number of hydrogen-bond donors (Lipinski definition) is 1. The van der Waals surface area contributed by atoms with Gasteiger partial charge in [0.15, 0.2) is 17.5 Å². The van der Waals surface area contributed by atoms with Crippen LogP contribution in [0.5, 0.6) is 5.75 Å². The van der Waals surface area contributed by atoms with E-state index in [4.69, 9.17) is 24.5 Å². The molecule has 1 aromatic heterocycles. The monoisotopic (exact) mass is 761 g/mol. The molecule has 3 aromatic rings. The number of benzene rings is 2. The van der Waals surface area contributed by atoms with Gasteiger partial charge in [0.05, 0.1) is 18.5 Å². The number of aryl methyl sites for hydroxylation is 1. The molecule has 1 N–H and O–H groups in total. The van der Waals surface area contributed by atoms with Crippen molar-refractivity contribution in [3.05, 3.63) is 52.9 Å². The smallest absolute Gasteiger partial charge is 0.343 e. The van der Waals surface area contributed by atoms with Crippen LogP contribution < -0.4 is 15.0 Å². The van der Waals surface area contributed by atoms with E-state index < -0.39 is 5.97 Å². The van der Waals surface area contributed by atoms with Gasteiger partial charge in [0.1, 0.15) is 29.1 Å². The van der Waals surface area contributed by atoms with Gasteiger partial charge in [0.2, 0.25) is 5.91 Å². The van der Waals surface area contributed by atoms with Crippen LogP contribution in [0.3, 0.4) is 0 Å². The van der Waals surface area contributed by atoms with Crippen molar-refractivity contribution in [2.45, 2.75) is 125 Å². The number of carbonyl (C=O) groups is 2. The molecule has 11 heteroatoms. The molecule has 6 rings (SSSR count). The number of methoxy groups -OCH3 is 1. The topological polar surface area (TPSA) is 135 Å². The van der Waals surface area contributed by atoms with Crippen LogP contribution in [0.4, 0.5) is 17.1 Å². The molecule has 4 atom stereocenters. The van der Waals surface area contributed by atoms with E-state index in [2.05, 4.69) is 76.9 Å². The van der Waals surface area contributed by atoms with Crippen LogP contribution in [0.25, 0.3) is 17.0 Å². The van der Waals surface area contributed by atoms with Gasteiger partial charge in [0.25, 0.3) is 0 Å². The van der Waals surface area contributed by atoms with Gasteiger partial charge < -0.3 is 19.7 Å². The molecule has 1 saturated carbocycles. The number of ether oxygens (including phenoxy) is 2.